The second kappa shape index (κ2) is 1.96. The molecule has 0 aliphatic carbocycles. The average Bonchev–Trinajstić information content (AvgIpc) is 1.87. The Morgan fingerprint density at radius 2 is 2.57 bits per heavy atom. The van der Waals surface area contributed by atoms with Gasteiger partial charge in [-0.25, -0.2) is 0 Å². The van der Waals surface area contributed by atoms with Gasteiger partial charge in [-0.3, -0.25) is 4.98 Å². The molecule has 0 saturated heterocycles. The van der Waals surface area contributed by atoms with Gasteiger partial charge in [0.15, 0.2) is 0 Å². The van der Waals surface area contributed by atoms with E-state index < -0.39 is 0 Å². The maximum atomic E-state index is 4.00. The Labute approximate surface area is 54.8 Å². The molecule has 1 rings (SSSR count). The van der Waals surface area contributed by atoms with Crippen molar-refractivity contribution in [2.24, 2.45) is 0 Å². The number of aromatic nitrogens is 1. The van der Waals surface area contributed by atoms with E-state index in [1.54, 1.807) is 11.3 Å². The minimum Gasteiger partial charge on any atom is -0.271 e. The van der Waals surface area contributed by atoms with Crippen LogP contribution < -0.4 is 3.87 Å². The molecule has 0 aliphatic heterocycles. The monoisotopic (exact) mass is 125 g/mol. The quantitative estimate of drug-likeness (QED) is 0.453. The third-order valence-electron chi connectivity index (χ3n) is 0.639. The summed E-state index contributed by atoms with van der Waals surface area (Å²) < 4.78 is 1.07. The number of thiazole rings is 1. The molecule has 1 heterocycles. The zero-order valence-corrected chi connectivity index (χ0v) is 5.98. The van der Waals surface area contributed by atoms with Gasteiger partial charge in [0.25, 0.3) is 0 Å². The molecule has 0 amide bonds. The third kappa shape index (κ3) is 1.27. The zero-order chi connectivity index (χ0) is 5.28. The fourth-order valence-electron chi connectivity index (χ4n) is 0.372. The number of hydrogen-bond acceptors (Lipinski definition) is 2. The Kier molecular flexibility index (Phi) is 1.48. The predicted octanol–water partition coefficient (Wildman–Crippen LogP) is 0.245. The first-order chi connectivity index (χ1) is 3.29. The minimum absolute atomic E-state index is 1.07. The van der Waals surface area contributed by atoms with E-state index in [0.717, 1.165) is 3.87 Å². The normalized spacial score (nSPS) is 9.29. The molecule has 0 unspecified atom stereocenters. The van der Waals surface area contributed by atoms with Crippen molar-refractivity contribution in [2.75, 3.05) is 0 Å². The Morgan fingerprint density at radius 1 is 1.86 bits per heavy atom. The molecule has 0 aromatic carbocycles. The Balaban J connectivity index is 3.04. The zero-order valence-electron chi connectivity index (χ0n) is 4.01. The number of rotatable bonds is 0. The molecule has 1 nitrogen and oxygen atoms in total. The Bertz CT molecular complexity index is 144. The van der Waals surface area contributed by atoms with Gasteiger partial charge in [-0.05, 0) is 10.8 Å². The lowest BCUT2D eigenvalue weighted by Crippen LogP contribution is -1.95. The fourth-order valence-corrected chi connectivity index (χ4v) is 1.55. The summed E-state index contributed by atoms with van der Waals surface area (Å²) >= 11 is 4.25. The smallest absolute Gasteiger partial charge is 0.228 e. The molecule has 2 radical (unpaired) electrons. The standard InChI is InChI=1S/C4H4NS.Al/c1-4-2-5-3-6-4;/h2H,1H3;. The average molecular weight is 125 g/mol. The maximum Gasteiger partial charge on any atom is 0.228 e. The first-order valence-corrected chi connectivity index (χ1v) is 3.36. The van der Waals surface area contributed by atoms with Gasteiger partial charge in [0.05, 0.1) is 0 Å². The van der Waals surface area contributed by atoms with Crippen LogP contribution >= 0.6 is 11.3 Å². The van der Waals surface area contributed by atoms with Crippen LogP contribution in [-0.2, 0) is 0 Å². The van der Waals surface area contributed by atoms with E-state index in [4.69, 9.17) is 0 Å². The molecule has 0 saturated carbocycles. The Morgan fingerprint density at radius 3 is 2.71 bits per heavy atom. The van der Waals surface area contributed by atoms with Gasteiger partial charge in [0, 0.05) is 11.1 Å². The molecule has 0 atom stereocenters. The highest BCUT2D eigenvalue weighted by molar-refractivity contribution is 7.19. The van der Waals surface area contributed by atoms with Crippen LogP contribution in [0.25, 0.3) is 0 Å². The summed E-state index contributed by atoms with van der Waals surface area (Å²) in [5.74, 6) is 0. The van der Waals surface area contributed by atoms with Gasteiger partial charge in [0.1, 0.15) is 0 Å². The van der Waals surface area contributed by atoms with Crippen molar-refractivity contribution < 1.29 is 0 Å². The molecule has 0 N–H and O–H groups in total. The van der Waals surface area contributed by atoms with Crippen LogP contribution in [0.15, 0.2) is 6.20 Å². The summed E-state index contributed by atoms with van der Waals surface area (Å²) in [7, 11) is 0. The summed E-state index contributed by atoms with van der Waals surface area (Å²) in [6.45, 7) is 2.05. The highest BCUT2D eigenvalue weighted by atomic mass is 32.1. The molecule has 0 aliphatic rings. The lowest BCUT2D eigenvalue weighted by Gasteiger charge is -1.70. The van der Waals surface area contributed by atoms with Gasteiger partial charge in [-0.15, -0.1) is 11.3 Å². The molecule has 1 aromatic heterocycles. The summed E-state index contributed by atoms with van der Waals surface area (Å²) in [6.07, 6.45) is 1.87. The van der Waals surface area contributed by atoms with Crippen molar-refractivity contribution in [3.63, 3.8) is 0 Å². The van der Waals surface area contributed by atoms with Crippen molar-refractivity contribution >= 4 is 31.5 Å². The van der Waals surface area contributed by atoms with E-state index in [0.29, 0.717) is 0 Å². The molecule has 0 bridgehead atoms. The van der Waals surface area contributed by atoms with Gasteiger partial charge in [0.2, 0.25) is 16.3 Å². The first kappa shape index (κ1) is 5.30. The highest BCUT2D eigenvalue weighted by Gasteiger charge is 1.84. The van der Waals surface area contributed by atoms with Gasteiger partial charge < -0.3 is 0 Å². The van der Waals surface area contributed by atoms with E-state index in [9.17, 15) is 0 Å². The minimum atomic E-state index is 1.07. The van der Waals surface area contributed by atoms with E-state index >= 15 is 0 Å². The summed E-state index contributed by atoms with van der Waals surface area (Å²) in [5, 5.41) is 0. The summed E-state index contributed by atoms with van der Waals surface area (Å²) in [5.41, 5.74) is 0. The SMILES string of the molecule is Cc1cn[c]([Al])s1. The number of nitrogens with zero attached hydrogens (tertiary/aromatic N) is 1. The first-order valence-electron chi connectivity index (χ1n) is 1.97. The van der Waals surface area contributed by atoms with Crippen molar-refractivity contribution in [3.05, 3.63) is 11.1 Å². The van der Waals surface area contributed by atoms with E-state index in [1.807, 2.05) is 13.1 Å². The van der Waals surface area contributed by atoms with Gasteiger partial charge >= 0.3 is 0 Å². The molecular weight excluding hydrogens is 121 g/mol. The van der Waals surface area contributed by atoms with Crippen LogP contribution in [0.4, 0.5) is 0 Å². The van der Waals surface area contributed by atoms with Crippen molar-refractivity contribution in [1.82, 2.24) is 4.98 Å². The highest BCUT2D eigenvalue weighted by Crippen LogP contribution is 1.96. The molecule has 1 aromatic rings. The largest absolute Gasteiger partial charge is 0.271 e. The van der Waals surface area contributed by atoms with Crippen LogP contribution in [0, 0.1) is 6.92 Å². The van der Waals surface area contributed by atoms with Crippen LogP contribution in [0.3, 0.4) is 0 Å². The second-order valence-electron chi connectivity index (χ2n) is 1.31. The van der Waals surface area contributed by atoms with Crippen LogP contribution in [0.1, 0.15) is 4.88 Å². The van der Waals surface area contributed by atoms with Crippen LogP contribution in [0.5, 0.6) is 0 Å². The van der Waals surface area contributed by atoms with E-state index in [-0.39, 0.29) is 0 Å². The topological polar surface area (TPSA) is 12.9 Å². The summed E-state index contributed by atoms with van der Waals surface area (Å²) in [4.78, 5) is 5.27. The second-order valence-corrected chi connectivity index (χ2v) is 3.54. The number of hydrogen-bond donors (Lipinski definition) is 0. The van der Waals surface area contributed by atoms with Crippen LogP contribution in [-0.4, -0.2) is 21.3 Å². The van der Waals surface area contributed by atoms with E-state index in [1.165, 1.54) is 4.88 Å². The van der Waals surface area contributed by atoms with Crippen molar-refractivity contribution in [3.8, 4) is 0 Å². The van der Waals surface area contributed by atoms with Crippen LogP contribution in [0.2, 0.25) is 0 Å². The van der Waals surface area contributed by atoms with Crippen molar-refractivity contribution in [2.45, 2.75) is 6.92 Å². The molecule has 0 spiro atoms. The van der Waals surface area contributed by atoms with E-state index in [2.05, 4.69) is 21.3 Å². The number of aryl methyl sites for hydroxylation is 1. The molecule has 0 fully saturated rings. The molecule has 3 heteroatoms. The fraction of sp³-hybridized carbons (Fsp3) is 0.250. The molecular formula is C4H4AlNS. The maximum absolute atomic E-state index is 4.00. The van der Waals surface area contributed by atoms with Gasteiger partial charge in [-0.2, -0.15) is 0 Å². The lowest BCUT2D eigenvalue weighted by atomic mass is 10.7. The predicted molar refractivity (Wildman–Crippen MR) is 32.2 cm³/mol. The molecule has 34 valence electrons. The van der Waals surface area contributed by atoms with Crippen molar-refractivity contribution in [1.29, 1.82) is 0 Å². The third-order valence-corrected chi connectivity index (χ3v) is 1.88. The van der Waals surface area contributed by atoms with Gasteiger partial charge in [-0.1, -0.05) is 0 Å². The summed E-state index contributed by atoms with van der Waals surface area (Å²) in [6, 6.07) is 0. The lowest BCUT2D eigenvalue weighted by molar-refractivity contribution is 1.42. The Hall–Kier alpha value is 0.162. The molecule has 7 heavy (non-hydrogen) atoms.